The Bertz CT molecular complexity index is 655. The number of nitrogens with zero attached hydrogens (tertiary/aromatic N) is 1. The molecular weight excluding hydrogens is 324 g/mol. The largest absolute Gasteiger partial charge is 0.341 e. The fraction of sp³-hybridized carbons (Fsp3) is 0.533. The summed E-state index contributed by atoms with van der Waals surface area (Å²) in [6.07, 6.45) is 3.06. The summed E-state index contributed by atoms with van der Waals surface area (Å²) in [6.45, 7) is 4.77. The van der Waals surface area contributed by atoms with Gasteiger partial charge in [-0.25, -0.2) is 8.42 Å². The van der Waals surface area contributed by atoms with Gasteiger partial charge in [-0.3, -0.25) is 4.79 Å². The molecule has 1 atom stereocenters. The number of hydrogen-bond donors (Lipinski definition) is 1. The number of benzene rings is 1. The van der Waals surface area contributed by atoms with Crippen molar-refractivity contribution < 1.29 is 13.2 Å². The molecule has 0 aliphatic carbocycles. The van der Waals surface area contributed by atoms with Gasteiger partial charge in [-0.2, -0.15) is 4.72 Å². The zero-order valence-electron chi connectivity index (χ0n) is 12.8. The van der Waals surface area contributed by atoms with E-state index in [1.54, 1.807) is 24.8 Å². The molecule has 1 aromatic rings. The van der Waals surface area contributed by atoms with Gasteiger partial charge < -0.3 is 4.90 Å². The monoisotopic (exact) mass is 344 g/mol. The van der Waals surface area contributed by atoms with Gasteiger partial charge in [0.15, 0.2) is 0 Å². The molecule has 0 spiro atoms. The highest BCUT2D eigenvalue weighted by atomic mass is 35.5. The van der Waals surface area contributed by atoms with Gasteiger partial charge in [0.05, 0.1) is 10.9 Å². The average Bonchev–Trinajstić information content (AvgIpc) is 2.49. The third kappa shape index (κ3) is 4.00. The zero-order valence-corrected chi connectivity index (χ0v) is 14.4. The second kappa shape index (κ2) is 6.98. The summed E-state index contributed by atoms with van der Waals surface area (Å²) in [5, 5.41) is 0.387. The smallest absolute Gasteiger partial charge is 0.241 e. The second-order valence-electron chi connectivity index (χ2n) is 5.64. The van der Waals surface area contributed by atoms with Gasteiger partial charge >= 0.3 is 0 Å². The molecule has 0 saturated carbocycles. The van der Waals surface area contributed by atoms with Gasteiger partial charge in [-0.15, -0.1) is 0 Å². The summed E-state index contributed by atoms with van der Waals surface area (Å²) in [5.41, 5.74) is 0.804. The number of aryl methyl sites for hydroxylation is 1. The van der Waals surface area contributed by atoms with Crippen molar-refractivity contribution in [2.75, 3.05) is 13.1 Å². The van der Waals surface area contributed by atoms with Crippen molar-refractivity contribution in [1.29, 1.82) is 0 Å². The molecule has 1 heterocycles. The fourth-order valence-corrected chi connectivity index (χ4v) is 3.95. The van der Waals surface area contributed by atoms with Crippen LogP contribution in [0.5, 0.6) is 0 Å². The third-order valence-electron chi connectivity index (χ3n) is 3.82. The van der Waals surface area contributed by atoms with Crippen LogP contribution in [0.1, 0.15) is 31.7 Å². The Morgan fingerprint density at radius 1 is 1.27 bits per heavy atom. The standard InChI is InChI=1S/C15H21ClN2O3S/c1-11-6-7-13(10-14(11)16)22(20,21)17-12(2)15(19)18-8-4-3-5-9-18/h6-7,10,12,17H,3-5,8-9H2,1-2H3/t12-/m0/s1. The number of carbonyl (C=O) groups is 1. The molecule has 1 aromatic carbocycles. The lowest BCUT2D eigenvalue weighted by molar-refractivity contribution is -0.133. The Labute approximate surface area is 136 Å². The first-order valence-corrected chi connectivity index (χ1v) is 9.24. The quantitative estimate of drug-likeness (QED) is 0.911. The minimum Gasteiger partial charge on any atom is -0.341 e. The van der Waals surface area contributed by atoms with Gasteiger partial charge in [0.25, 0.3) is 0 Å². The number of amides is 1. The fourth-order valence-electron chi connectivity index (χ4n) is 2.48. The second-order valence-corrected chi connectivity index (χ2v) is 7.76. The molecule has 5 nitrogen and oxygen atoms in total. The van der Waals surface area contributed by atoms with Crippen LogP contribution in [0.2, 0.25) is 5.02 Å². The summed E-state index contributed by atoms with van der Waals surface area (Å²) < 4.78 is 27.1. The van der Waals surface area contributed by atoms with Crippen LogP contribution >= 0.6 is 11.6 Å². The molecule has 0 aromatic heterocycles. The maximum Gasteiger partial charge on any atom is 0.241 e. The first-order valence-electron chi connectivity index (χ1n) is 7.38. The zero-order chi connectivity index (χ0) is 16.3. The number of carbonyl (C=O) groups excluding carboxylic acids is 1. The van der Waals surface area contributed by atoms with Crippen LogP contribution in [0.25, 0.3) is 0 Å². The van der Waals surface area contributed by atoms with E-state index in [0.29, 0.717) is 18.1 Å². The molecule has 122 valence electrons. The van der Waals surface area contributed by atoms with Gasteiger partial charge in [-0.1, -0.05) is 17.7 Å². The Morgan fingerprint density at radius 3 is 2.50 bits per heavy atom. The van der Waals surface area contributed by atoms with E-state index >= 15 is 0 Å². The summed E-state index contributed by atoms with van der Waals surface area (Å²) in [7, 11) is -3.76. The number of nitrogens with one attached hydrogen (secondary N) is 1. The maximum atomic E-state index is 12.4. The maximum absolute atomic E-state index is 12.4. The molecule has 7 heteroatoms. The van der Waals surface area contributed by atoms with Crippen molar-refractivity contribution in [3.05, 3.63) is 28.8 Å². The van der Waals surface area contributed by atoms with Gasteiger partial charge in [-0.05, 0) is 50.8 Å². The Kier molecular flexibility index (Phi) is 5.47. The molecule has 22 heavy (non-hydrogen) atoms. The lowest BCUT2D eigenvalue weighted by Crippen LogP contribution is -2.48. The predicted molar refractivity (Wildman–Crippen MR) is 86.4 cm³/mol. The molecule has 2 rings (SSSR count). The first kappa shape index (κ1) is 17.2. The summed E-state index contributed by atoms with van der Waals surface area (Å²) in [6, 6.07) is 3.75. The predicted octanol–water partition coefficient (Wildman–Crippen LogP) is 2.33. The molecule has 0 radical (unpaired) electrons. The molecular formula is C15H21ClN2O3S. The highest BCUT2D eigenvalue weighted by Gasteiger charge is 2.26. The minimum absolute atomic E-state index is 0.0707. The average molecular weight is 345 g/mol. The Balaban J connectivity index is 2.10. The molecule has 0 unspecified atom stereocenters. The lowest BCUT2D eigenvalue weighted by Gasteiger charge is -2.29. The number of piperidine rings is 1. The summed E-state index contributed by atoms with van der Waals surface area (Å²) in [4.78, 5) is 14.1. The van der Waals surface area contributed by atoms with Crippen LogP contribution in [0.3, 0.4) is 0 Å². The number of hydrogen-bond acceptors (Lipinski definition) is 3. The highest BCUT2D eigenvalue weighted by molar-refractivity contribution is 7.89. The molecule has 1 saturated heterocycles. The van der Waals surface area contributed by atoms with Crippen LogP contribution in [0, 0.1) is 6.92 Å². The topological polar surface area (TPSA) is 66.5 Å². The van der Waals surface area contributed by atoms with Crippen LogP contribution in [0.4, 0.5) is 0 Å². The van der Waals surface area contributed by atoms with E-state index in [-0.39, 0.29) is 10.8 Å². The first-order chi connectivity index (χ1) is 10.3. The van der Waals surface area contributed by atoms with E-state index in [1.807, 2.05) is 0 Å². The van der Waals surface area contributed by atoms with E-state index in [2.05, 4.69) is 4.72 Å². The van der Waals surface area contributed by atoms with Crippen molar-refractivity contribution in [1.82, 2.24) is 9.62 Å². The Hall–Kier alpha value is -1.11. The van der Waals surface area contributed by atoms with E-state index in [9.17, 15) is 13.2 Å². The SMILES string of the molecule is Cc1ccc(S(=O)(=O)N[C@@H](C)C(=O)N2CCCCC2)cc1Cl. The van der Waals surface area contributed by atoms with E-state index in [1.165, 1.54) is 12.1 Å². The summed E-state index contributed by atoms with van der Waals surface area (Å²) in [5.74, 6) is -0.179. The molecule has 1 fully saturated rings. The molecule has 1 aliphatic heterocycles. The number of sulfonamides is 1. The number of likely N-dealkylation sites (tertiary alicyclic amines) is 1. The van der Waals surface area contributed by atoms with E-state index < -0.39 is 16.1 Å². The van der Waals surface area contributed by atoms with Crippen molar-refractivity contribution in [3.8, 4) is 0 Å². The van der Waals surface area contributed by atoms with E-state index in [4.69, 9.17) is 11.6 Å². The number of rotatable bonds is 4. The van der Waals surface area contributed by atoms with Gasteiger partial charge in [0.1, 0.15) is 0 Å². The number of halogens is 1. The van der Waals surface area contributed by atoms with Crippen LogP contribution in [-0.4, -0.2) is 38.4 Å². The minimum atomic E-state index is -3.76. The lowest BCUT2D eigenvalue weighted by atomic mass is 10.1. The summed E-state index contributed by atoms with van der Waals surface area (Å²) >= 11 is 5.97. The van der Waals surface area contributed by atoms with Crippen molar-refractivity contribution >= 4 is 27.5 Å². The molecule has 1 N–H and O–H groups in total. The highest BCUT2D eigenvalue weighted by Crippen LogP contribution is 2.20. The molecule has 1 aliphatic rings. The molecule has 0 bridgehead atoms. The van der Waals surface area contributed by atoms with Crippen molar-refractivity contribution in [2.45, 2.75) is 44.0 Å². The van der Waals surface area contributed by atoms with E-state index in [0.717, 1.165) is 24.8 Å². The van der Waals surface area contributed by atoms with Gasteiger partial charge in [0.2, 0.25) is 15.9 Å². The van der Waals surface area contributed by atoms with Crippen molar-refractivity contribution in [2.24, 2.45) is 0 Å². The van der Waals surface area contributed by atoms with Gasteiger partial charge in [0, 0.05) is 18.1 Å². The van der Waals surface area contributed by atoms with Crippen LogP contribution < -0.4 is 4.72 Å². The van der Waals surface area contributed by atoms with Crippen molar-refractivity contribution in [3.63, 3.8) is 0 Å². The van der Waals surface area contributed by atoms with Crippen LogP contribution in [0.15, 0.2) is 23.1 Å². The molecule has 1 amide bonds. The van der Waals surface area contributed by atoms with Crippen LogP contribution in [-0.2, 0) is 14.8 Å². The Morgan fingerprint density at radius 2 is 1.91 bits per heavy atom. The normalized spacial score (nSPS) is 17.3. The third-order valence-corrected chi connectivity index (χ3v) is 5.77.